The number of halogens is 1. The third-order valence-electron chi connectivity index (χ3n) is 3.94. The molecule has 0 radical (unpaired) electrons. The van der Waals surface area contributed by atoms with E-state index >= 15 is 0 Å². The summed E-state index contributed by atoms with van der Waals surface area (Å²) in [7, 11) is -3.75. The van der Waals surface area contributed by atoms with Gasteiger partial charge in [-0.2, -0.15) is 0 Å². The highest BCUT2D eigenvalue weighted by molar-refractivity contribution is 7.92. The van der Waals surface area contributed by atoms with Gasteiger partial charge in [0, 0.05) is 16.4 Å². The van der Waals surface area contributed by atoms with E-state index in [-0.39, 0.29) is 17.4 Å². The van der Waals surface area contributed by atoms with Gasteiger partial charge in [0.1, 0.15) is 5.75 Å². The van der Waals surface area contributed by atoms with Gasteiger partial charge in [-0.15, -0.1) is 0 Å². The van der Waals surface area contributed by atoms with Gasteiger partial charge >= 0.3 is 0 Å². The third-order valence-corrected chi connectivity index (χ3v) is 5.58. The van der Waals surface area contributed by atoms with Crippen molar-refractivity contribution >= 4 is 38.9 Å². The summed E-state index contributed by atoms with van der Waals surface area (Å²) in [6, 6.07) is 19.5. The fourth-order valence-electron chi connectivity index (χ4n) is 2.43. The van der Waals surface area contributed by atoms with Gasteiger partial charge in [-0.05, 0) is 67.6 Å². The Morgan fingerprint density at radius 1 is 0.897 bits per heavy atom. The fraction of sp³-hybridized carbons (Fsp3) is 0.0952. The van der Waals surface area contributed by atoms with E-state index in [9.17, 15) is 13.2 Å². The summed E-state index contributed by atoms with van der Waals surface area (Å²) < 4.78 is 32.8. The number of hydrogen-bond acceptors (Lipinski definition) is 4. The lowest BCUT2D eigenvalue weighted by molar-refractivity contribution is -0.118. The maximum absolute atomic E-state index is 12.5. The van der Waals surface area contributed by atoms with Gasteiger partial charge in [-0.3, -0.25) is 9.52 Å². The molecular formula is C21H19ClN2O4S. The van der Waals surface area contributed by atoms with Crippen LogP contribution in [0.5, 0.6) is 5.75 Å². The minimum absolute atomic E-state index is 0.0707. The first-order chi connectivity index (χ1) is 13.8. The zero-order valence-corrected chi connectivity index (χ0v) is 17.1. The Morgan fingerprint density at radius 2 is 1.48 bits per heavy atom. The SMILES string of the molecule is Cc1ccc(OCC(=O)Nc2ccc(S(=O)(=O)Nc3ccc(Cl)cc3)cc2)cc1. The molecule has 0 saturated carbocycles. The number of rotatable bonds is 7. The van der Waals surface area contributed by atoms with Crippen molar-refractivity contribution < 1.29 is 17.9 Å². The zero-order valence-electron chi connectivity index (χ0n) is 15.6. The Morgan fingerprint density at radius 3 is 2.10 bits per heavy atom. The number of nitrogens with one attached hydrogen (secondary N) is 2. The first-order valence-electron chi connectivity index (χ1n) is 8.70. The molecule has 3 aromatic carbocycles. The summed E-state index contributed by atoms with van der Waals surface area (Å²) in [6.45, 7) is 1.81. The van der Waals surface area contributed by atoms with Crippen molar-refractivity contribution in [1.82, 2.24) is 0 Å². The summed E-state index contributed by atoms with van der Waals surface area (Å²) in [5.41, 5.74) is 1.97. The molecule has 0 fully saturated rings. The molecule has 0 aromatic heterocycles. The maximum Gasteiger partial charge on any atom is 0.262 e. The van der Waals surface area contributed by atoms with Gasteiger partial charge in [0.15, 0.2) is 6.61 Å². The molecule has 150 valence electrons. The van der Waals surface area contributed by atoms with E-state index < -0.39 is 10.0 Å². The number of benzene rings is 3. The molecule has 0 aliphatic carbocycles. The van der Waals surface area contributed by atoms with Gasteiger partial charge in [0.25, 0.3) is 15.9 Å². The van der Waals surface area contributed by atoms with Crippen LogP contribution in [0.25, 0.3) is 0 Å². The molecule has 0 unspecified atom stereocenters. The lowest BCUT2D eigenvalue weighted by Crippen LogP contribution is -2.20. The predicted octanol–water partition coefficient (Wildman–Crippen LogP) is 4.47. The topological polar surface area (TPSA) is 84.5 Å². The quantitative estimate of drug-likeness (QED) is 0.579. The van der Waals surface area contributed by atoms with Gasteiger partial charge in [0.05, 0.1) is 4.90 Å². The van der Waals surface area contributed by atoms with Gasteiger partial charge in [-0.1, -0.05) is 29.3 Å². The molecule has 29 heavy (non-hydrogen) atoms. The molecular weight excluding hydrogens is 412 g/mol. The lowest BCUT2D eigenvalue weighted by atomic mass is 10.2. The first kappa shape index (κ1) is 20.7. The predicted molar refractivity (Wildman–Crippen MR) is 114 cm³/mol. The molecule has 0 heterocycles. The first-order valence-corrected chi connectivity index (χ1v) is 10.6. The van der Waals surface area contributed by atoms with Crippen molar-refractivity contribution in [2.45, 2.75) is 11.8 Å². The van der Waals surface area contributed by atoms with Crippen molar-refractivity contribution in [1.29, 1.82) is 0 Å². The maximum atomic E-state index is 12.5. The molecule has 0 bridgehead atoms. The lowest BCUT2D eigenvalue weighted by Gasteiger charge is -2.10. The Balaban J connectivity index is 1.58. The van der Waals surface area contributed by atoms with Crippen molar-refractivity contribution in [3.05, 3.63) is 83.4 Å². The molecule has 0 aliphatic rings. The van der Waals surface area contributed by atoms with Crippen LogP contribution in [-0.4, -0.2) is 20.9 Å². The van der Waals surface area contributed by atoms with E-state index in [0.717, 1.165) is 5.56 Å². The second kappa shape index (κ2) is 8.98. The highest BCUT2D eigenvalue weighted by Gasteiger charge is 2.14. The van der Waals surface area contributed by atoms with Crippen LogP contribution in [-0.2, 0) is 14.8 Å². The molecule has 0 aliphatic heterocycles. The number of hydrogen-bond donors (Lipinski definition) is 2. The number of carbonyl (C=O) groups excluding carboxylic acids is 1. The minimum atomic E-state index is -3.75. The molecule has 0 atom stereocenters. The number of anilines is 2. The number of carbonyl (C=O) groups is 1. The average molecular weight is 431 g/mol. The van der Waals surface area contributed by atoms with E-state index in [0.29, 0.717) is 22.1 Å². The average Bonchev–Trinajstić information content (AvgIpc) is 2.70. The third kappa shape index (κ3) is 5.97. The van der Waals surface area contributed by atoms with Crippen molar-refractivity contribution in [2.24, 2.45) is 0 Å². The van der Waals surface area contributed by atoms with E-state index in [1.165, 1.54) is 24.3 Å². The largest absolute Gasteiger partial charge is 0.484 e. The summed E-state index contributed by atoms with van der Waals surface area (Å²) in [5, 5.41) is 3.18. The number of amides is 1. The van der Waals surface area contributed by atoms with E-state index in [1.807, 2.05) is 19.1 Å². The van der Waals surface area contributed by atoms with Crippen LogP contribution in [0, 0.1) is 6.92 Å². The van der Waals surface area contributed by atoms with E-state index in [2.05, 4.69) is 10.0 Å². The number of aryl methyl sites for hydroxylation is 1. The summed E-state index contributed by atoms with van der Waals surface area (Å²) in [4.78, 5) is 12.1. The fourth-order valence-corrected chi connectivity index (χ4v) is 3.61. The Bertz CT molecular complexity index is 1080. The highest BCUT2D eigenvalue weighted by atomic mass is 35.5. The second-order valence-electron chi connectivity index (χ2n) is 6.29. The van der Waals surface area contributed by atoms with Crippen molar-refractivity contribution in [2.75, 3.05) is 16.6 Å². The van der Waals surface area contributed by atoms with Crippen LogP contribution in [0.15, 0.2) is 77.7 Å². The Hall–Kier alpha value is -3.03. The summed E-state index contributed by atoms with van der Waals surface area (Å²) in [5.74, 6) is 0.251. The normalized spacial score (nSPS) is 11.0. The van der Waals surface area contributed by atoms with E-state index in [1.54, 1.807) is 36.4 Å². The van der Waals surface area contributed by atoms with Crippen LogP contribution in [0.3, 0.4) is 0 Å². The molecule has 0 saturated heterocycles. The molecule has 1 amide bonds. The molecule has 6 nitrogen and oxygen atoms in total. The standard InChI is InChI=1S/C21H19ClN2O4S/c1-15-2-10-19(11-3-15)28-14-21(25)23-17-8-12-20(13-9-17)29(26,27)24-18-6-4-16(22)5-7-18/h2-13,24H,14H2,1H3,(H,23,25). The summed E-state index contributed by atoms with van der Waals surface area (Å²) >= 11 is 5.80. The van der Waals surface area contributed by atoms with Gasteiger partial charge < -0.3 is 10.1 Å². The molecule has 3 rings (SSSR count). The van der Waals surface area contributed by atoms with Crippen LogP contribution in [0.1, 0.15) is 5.56 Å². The molecule has 3 aromatic rings. The zero-order chi connectivity index (χ0) is 20.9. The Kier molecular flexibility index (Phi) is 6.41. The molecule has 2 N–H and O–H groups in total. The van der Waals surface area contributed by atoms with Crippen molar-refractivity contribution in [3.8, 4) is 5.75 Å². The second-order valence-corrected chi connectivity index (χ2v) is 8.41. The summed E-state index contributed by atoms with van der Waals surface area (Å²) in [6.07, 6.45) is 0. The molecule has 8 heteroatoms. The molecule has 0 spiro atoms. The minimum Gasteiger partial charge on any atom is -0.484 e. The number of ether oxygens (including phenoxy) is 1. The monoisotopic (exact) mass is 430 g/mol. The van der Waals surface area contributed by atoms with Crippen molar-refractivity contribution in [3.63, 3.8) is 0 Å². The van der Waals surface area contributed by atoms with Crippen LogP contribution >= 0.6 is 11.6 Å². The smallest absolute Gasteiger partial charge is 0.262 e. The highest BCUT2D eigenvalue weighted by Crippen LogP contribution is 2.20. The van der Waals surface area contributed by atoms with Crippen LogP contribution in [0.4, 0.5) is 11.4 Å². The van der Waals surface area contributed by atoms with E-state index in [4.69, 9.17) is 16.3 Å². The van der Waals surface area contributed by atoms with Gasteiger partial charge in [0.2, 0.25) is 0 Å². The number of sulfonamides is 1. The Labute approximate surface area is 174 Å². The van der Waals surface area contributed by atoms with Crippen LogP contribution < -0.4 is 14.8 Å². The van der Waals surface area contributed by atoms with Crippen LogP contribution in [0.2, 0.25) is 5.02 Å². The van der Waals surface area contributed by atoms with Gasteiger partial charge in [-0.25, -0.2) is 8.42 Å².